The number of hydrazine groups is 1. The van der Waals surface area contributed by atoms with Gasteiger partial charge in [-0.25, -0.2) is 28.4 Å². The number of aromatic nitrogens is 1. The first-order chi connectivity index (χ1) is 7.89. The normalized spacial score (nSPS) is 11.4. The summed E-state index contributed by atoms with van der Waals surface area (Å²) in [5.41, 5.74) is 1.84. The quantitative estimate of drug-likeness (QED) is 0.353. The summed E-state index contributed by atoms with van der Waals surface area (Å²) in [5.74, 6) is -1.81. The van der Waals surface area contributed by atoms with Crippen LogP contribution < -0.4 is 16.6 Å². The number of aliphatic hydroxyl groups excluding tert-OH is 1. The fourth-order valence-electron chi connectivity index (χ4n) is 0.961. The summed E-state index contributed by atoms with van der Waals surface area (Å²) < 4.78 is 51.3. The first-order valence-electron chi connectivity index (χ1n) is 4.45. The molecular weight excluding hydrogens is 244 g/mol. The van der Waals surface area contributed by atoms with Gasteiger partial charge in [0.05, 0.1) is 6.54 Å². The lowest BCUT2D eigenvalue weighted by Gasteiger charge is -2.15. The van der Waals surface area contributed by atoms with Crippen molar-refractivity contribution in [2.24, 2.45) is 5.84 Å². The van der Waals surface area contributed by atoms with Gasteiger partial charge in [0.1, 0.15) is 6.61 Å². The van der Waals surface area contributed by atoms with Crippen LogP contribution in [-0.4, -0.2) is 29.2 Å². The first-order valence-corrected chi connectivity index (χ1v) is 4.45. The highest BCUT2D eigenvalue weighted by Gasteiger charge is 2.28. The highest BCUT2D eigenvalue weighted by molar-refractivity contribution is 5.46. The Balaban J connectivity index is 2.84. The van der Waals surface area contributed by atoms with Gasteiger partial charge in [0, 0.05) is 6.07 Å². The molecule has 1 aromatic rings. The van der Waals surface area contributed by atoms with Crippen LogP contribution in [0.3, 0.4) is 0 Å². The Labute approximate surface area is 93.6 Å². The van der Waals surface area contributed by atoms with Gasteiger partial charge >= 0.3 is 0 Å². The fourth-order valence-corrected chi connectivity index (χ4v) is 0.961. The second-order valence-corrected chi connectivity index (χ2v) is 3.16. The number of rotatable bonds is 5. The molecule has 96 valence electrons. The molecule has 17 heavy (non-hydrogen) atoms. The summed E-state index contributed by atoms with van der Waals surface area (Å²) in [5, 5.41) is 10.2. The van der Waals surface area contributed by atoms with E-state index in [9.17, 15) is 17.6 Å². The number of aliphatic hydroxyl groups is 1. The molecule has 0 unspecified atom stereocenters. The van der Waals surface area contributed by atoms with E-state index in [0.717, 1.165) is 0 Å². The van der Waals surface area contributed by atoms with E-state index >= 15 is 0 Å². The van der Waals surface area contributed by atoms with Gasteiger partial charge in [-0.2, -0.15) is 0 Å². The van der Waals surface area contributed by atoms with Crippen molar-refractivity contribution in [1.82, 2.24) is 4.98 Å². The molecule has 0 aliphatic rings. The summed E-state index contributed by atoms with van der Waals surface area (Å²) in [6.07, 6.45) is 0. The minimum atomic E-state index is -3.43. The molecule has 5 N–H and O–H groups in total. The van der Waals surface area contributed by atoms with E-state index in [0.29, 0.717) is 6.07 Å². The van der Waals surface area contributed by atoms with Gasteiger partial charge < -0.3 is 15.8 Å². The van der Waals surface area contributed by atoms with E-state index in [1.165, 1.54) is 0 Å². The van der Waals surface area contributed by atoms with Gasteiger partial charge in [-0.05, 0) is 0 Å². The van der Waals surface area contributed by atoms with Crippen molar-refractivity contribution >= 4 is 11.6 Å². The zero-order valence-corrected chi connectivity index (χ0v) is 8.48. The van der Waals surface area contributed by atoms with Crippen LogP contribution in [0.25, 0.3) is 0 Å². The van der Waals surface area contributed by atoms with E-state index in [4.69, 9.17) is 10.9 Å². The Morgan fingerprint density at radius 3 is 2.41 bits per heavy atom. The zero-order chi connectivity index (χ0) is 13.1. The number of halogens is 4. The lowest BCUT2D eigenvalue weighted by molar-refractivity contribution is -0.0373. The molecule has 0 bridgehead atoms. The van der Waals surface area contributed by atoms with Gasteiger partial charge in [-0.1, -0.05) is 0 Å². The Bertz CT molecular complexity index is 401. The van der Waals surface area contributed by atoms with Gasteiger partial charge in [-0.3, -0.25) is 0 Å². The van der Waals surface area contributed by atoms with Crippen LogP contribution in [0, 0.1) is 11.6 Å². The Kier molecular flexibility index (Phi) is 4.07. The van der Waals surface area contributed by atoms with Gasteiger partial charge in [0.15, 0.2) is 23.3 Å². The van der Waals surface area contributed by atoms with Crippen molar-refractivity contribution in [2.75, 3.05) is 23.9 Å². The molecule has 0 aromatic carbocycles. The number of anilines is 2. The Morgan fingerprint density at radius 1 is 1.29 bits per heavy atom. The number of hydrogen-bond acceptors (Lipinski definition) is 5. The lowest BCUT2D eigenvalue weighted by Crippen LogP contribution is -2.31. The molecule has 9 heteroatoms. The molecule has 5 nitrogen and oxygen atoms in total. The molecule has 0 fully saturated rings. The number of alkyl halides is 2. The van der Waals surface area contributed by atoms with Crippen molar-refractivity contribution in [3.8, 4) is 0 Å². The van der Waals surface area contributed by atoms with Crippen molar-refractivity contribution < 1.29 is 22.7 Å². The summed E-state index contributed by atoms with van der Waals surface area (Å²) in [7, 11) is 0. The zero-order valence-electron chi connectivity index (χ0n) is 8.48. The third-order valence-corrected chi connectivity index (χ3v) is 1.81. The largest absolute Gasteiger partial charge is 0.390 e. The molecule has 0 amide bonds. The Hall–Kier alpha value is -1.61. The second-order valence-electron chi connectivity index (χ2n) is 3.16. The first kappa shape index (κ1) is 13.5. The van der Waals surface area contributed by atoms with E-state index in [2.05, 4.69) is 4.98 Å². The number of nitrogen functional groups attached to an aromatic ring is 1. The maximum absolute atomic E-state index is 13.1. The fraction of sp³-hybridized carbons (Fsp3) is 0.375. The van der Waals surface area contributed by atoms with Crippen LogP contribution in [0.1, 0.15) is 0 Å². The number of pyridine rings is 1. The second kappa shape index (κ2) is 5.15. The molecule has 1 aromatic heterocycles. The van der Waals surface area contributed by atoms with Crippen LogP contribution in [0.15, 0.2) is 6.07 Å². The molecule has 0 atom stereocenters. The van der Waals surface area contributed by atoms with E-state index in [1.54, 1.807) is 0 Å². The smallest absolute Gasteiger partial charge is 0.287 e. The molecule has 0 saturated carbocycles. The van der Waals surface area contributed by atoms with Crippen molar-refractivity contribution in [1.29, 1.82) is 0 Å². The SMILES string of the molecule is NNc1nc(NCC(F)(F)CO)c(F)cc1F. The van der Waals surface area contributed by atoms with E-state index < -0.39 is 42.3 Å². The molecule has 0 aliphatic carbocycles. The molecule has 0 saturated heterocycles. The maximum Gasteiger partial charge on any atom is 0.287 e. The third-order valence-electron chi connectivity index (χ3n) is 1.81. The monoisotopic (exact) mass is 254 g/mol. The topological polar surface area (TPSA) is 83.2 Å². The number of nitrogens with two attached hydrogens (primary N) is 1. The predicted molar refractivity (Wildman–Crippen MR) is 52.5 cm³/mol. The highest BCUT2D eigenvalue weighted by atomic mass is 19.3. The van der Waals surface area contributed by atoms with Gasteiger partial charge in [0.2, 0.25) is 0 Å². The van der Waals surface area contributed by atoms with Crippen LogP contribution in [0.5, 0.6) is 0 Å². The van der Waals surface area contributed by atoms with Crippen molar-refractivity contribution in [2.45, 2.75) is 5.92 Å². The third kappa shape index (κ3) is 3.43. The van der Waals surface area contributed by atoms with Crippen LogP contribution in [0.4, 0.5) is 29.2 Å². The summed E-state index contributed by atoms with van der Waals surface area (Å²) >= 11 is 0. The minimum Gasteiger partial charge on any atom is -0.390 e. The molecule has 0 radical (unpaired) electrons. The van der Waals surface area contributed by atoms with Crippen LogP contribution in [-0.2, 0) is 0 Å². The summed E-state index contributed by atoms with van der Waals surface area (Å²) in [6, 6.07) is 0.446. The predicted octanol–water partition coefficient (Wildman–Crippen LogP) is 0.685. The molecule has 0 spiro atoms. The highest BCUT2D eigenvalue weighted by Crippen LogP contribution is 2.20. The molecule has 0 aliphatic heterocycles. The molecule has 1 heterocycles. The maximum atomic E-state index is 13.1. The standard InChI is InChI=1S/C8H10F4N4O/c9-4-1-5(10)7(16-13)15-6(4)14-2-8(11,12)3-17/h1,17H,2-3,13H2,(H2,14,15,16). The average Bonchev–Trinajstić information content (AvgIpc) is 2.28. The molecular formula is C8H10F4N4O. The van der Waals surface area contributed by atoms with Crippen molar-refractivity contribution in [3.05, 3.63) is 17.7 Å². The lowest BCUT2D eigenvalue weighted by atomic mass is 10.3. The van der Waals surface area contributed by atoms with Crippen LogP contribution >= 0.6 is 0 Å². The van der Waals surface area contributed by atoms with E-state index in [-0.39, 0.29) is 0 Å². The summed E-state index contributed by atoms with van der Waals surface area (Å²) in [4.78, 5) is 3.32. The van der Waals surface area contributed by atoms with Crippen molar-refractivity contribution in [3.63, 3.8) is 0 Å². The van der Waals surface area contributed by atoms with Gasteiger partial charge in [-0.15, -0.1) is 0 Å². The number of hydrogen-bond donors (Lipinski definition) is 4. The average molecular weight is 254 g/mol. The summed E-state index contributed by atoms with van der Waals surface area (Å²) in [6.45, 7) is -2.44. The Morgan fingerprint density at radius 2 is 1.88 bits per heavy atom. The number of nitrogens with one attached hydrogen (secondary N) is 2. The van der Waals surface area contributed by atoms with Gasteiger partial charge in [0.25, 0.3) is 5.92 Å². The number of nitrogens with zero attached hydrogens (tertiary/aromatic N) is 1. The van der Waals surface area contributed by atoms with Crippen LogP contribution in [0.2, 0.25) is 0 Å². The minimum absolute atomic E-state index is 0.446. The molecule has 1 rings (SSSR count). The van der Waals surface area contributed by atoms with E-state index in [1.807, 2.05) is 10.7 Å².